The van der Waals surface area contributed by atoms with Gasteiger partial charge in [0.2, 0.25) is 0 Å². The summed E-state index contributed by atoms with van der Waals surface area (Å²) < 4.78 is 0. The molecule has 0 N–H and O–H groups in total. The molecule has 1 heteroatoms. The highest BCUT2D eigenvalue weighted by atomic mass is 35.5. The van der Waals surface area contributed by atoms with Crippen LogP contribution in [-0.2, 0) is 12.8 Å². The van der Waals surface area contributed by atoms with Crippen LogP contribution in [0, 0.1) is 17.8 Å². The molecule has 4 rings (SSSR count). The second kappa shape index (κ2) is 4.27. The molecule has 3 unspecified atom stereocenters. The summed E-state index contributed by atoms with van der Waals surface area (Å²) in [6.07, 6.45) is 9.58. The van der Waals surface area contributed by atoms with Gasteiger partial charge in [-0.3, -0.25) is 0 Å². The number of aryl methyl sites for hydroxylation is 2. The highest BCUT2D eigenvalue weighted by molar-refractivity contribution is 6.21. The van der Waals surface area contributed by atoms with Crippen molar-refractivity contribution in [3.8, 4) is 0 Å². The van der Waals surface area contributed by atoms with Gasteiger partial charge in [0, 0.05) is 0 Å². The largest absolute Gasteiger partial charge is 0.117 e. The van der Waals surface area contributed by atoms with E-state index in [0.717, 1.165) is 17.8 Å². The lowest BCUT2D eigenvalue weighted by atomic mass is 9.89. The molecule has 3 atom stereocenters. The average molecular weight is 261 g/mol. The number of rotatable bonds is 2. The summed E-state index contributed by atoms with van der Waals surface area (Å²) in [5.41, 5.74) is 4.55. The summed E-state index contributed by atoms with van der Waals surface area (Å²) >= 11 is 6.75. The van der Waals surface area contributed by atoms with Crippen LogP contribution in [0.2, 0.25) is 0 Å². The van der Waals surface area contributed by atoms with Gasteiger partial charge in [-0.2, -0.15) is 0 Å². The third-order valence-electron chi connectivity index (χ3n) is 5.50. The van der Waals surface area contributed by atoms with Gasteiger partial charge >= 0.3 is 0 Å². The predicted octanol–water partition coefficient (Wildman–Crippen LogP) is 4.89. The molecule has 1 aromatic carbocycles. The maximum atomic E-state index is 6.75. The van der Waals surface area contributed by atoms with Crippen molar-refractivity contribution in [3.63, 3.8) is 0 Å². The molecule has 0 amide bonds. The minimum atomic E-state index is 0.285. The first-order valence-electron chi connectivity index (χ1n) is 7.60. The summed E-state index contributed by atoms with van der Waals surface area (Å²) in [5.74, 6) is 2.72. The second-order valence-corrected chi connectivity index (χ2v) is 6.94. The third-order valence-corrected chi connectivity index (χ3v) is 6.04. The van der Waals surface area contributed by atoms with Gasteiger partial charge in [-0.05, 0) is 73.0 Å². The van der Waals surface area contributed by atoms with E-state index in [9.17, 15) is 0 Å². The number of halogens is 1. The predicted molar refractivity (Wildman–Crippen MR) is 76.0 cm³/mol. The zero-order valence-corrected chi connectivity index (χ0v) is 11.6. The molecule has 1 aromatic rings. The first kappa shape index (κ1) is 11.3. The van der Waals surface area contributed by atoms with Gasteiger partial charge in [0.15, 0.2) is 0 Å². The van der Waals surface area contributed by atoms with E-state index < -0.39 is 0 Å². The average Bonchev–Trinajstić information content (AvgIpc) is 2.90. The van der Waals surface area contributed by atoms with E-state index in [2.05, 4.69) is 18.2 Å². The fourth-order valence-corrected chi connectivity index (χ4v) is 4.97. The number of hydrogen-bond donors (Lipinski definition) is 0. The third kappa shape index (κ3) is 1.72. The quantitative estimate of drug-likeness (QED) is 0.664. The molecule has 96 valence electrons. The Morgan fingerprint density at radius 2 is 1.67 bits per heavy atom. The van der Waals surface area contributed by atoms with Crippen molar-refractivity contribution in [1.82, 2.24) is 0 Å². The Morgan fingerprint density at radius 1 is 0.944 bits per heavy atom. The maximum absolute atomic E-state index is 6.75. The van der Waals surface area contributed by atoms with Crippen LogP contribution in [-0.4, -0.2) is 0 Å². The zero-order chi connectivity index (χ0) is 12.1. The first-order chi connectivity index (χ1) is 8.84. The summed E-state index contributed by atoms with van der Waals surface area (Å²) in [7, 11) is 0. The van der Waals surface area contributed by atoms with Gasteiger partial charge in [-0.1, -0.05) is 24.6 Å². The van der Waals surface area contributed by atoms with Crippen molar-refractivity contribution in [3.05, 3.63) is 34.9 Å². The van der Waals surface area contributed by atoms with Crippen molar-refractivity contribution in [1.29, 1.82) is 0 Å². The van der Waals surface area contributed by atoms with Crippen LogP contribution in [0.3, 0.4) is 0 Å². The molecule has 3 aliphatic carbocycles. The molecular formula is C17H21Cl. The van der Waals surface area contributed by atoms with E-state index >= 15 is 0 Å². The van der Waals surface area contributed by atoms with Crippen molar-refractivity contribution < 1.29 is 0 Å². The molecule has 0 radical (unpaired) electrons. The van der Waals surface area contributed by atoms with Crippen LogP contribution in [0.15, 0.2) is 18.2 Å². The van der Waals surface area contributed by atoms with Crippen LogP contribution >= 0.6 is 11.6 Å². The fourth-order valence-electron chi connectivity index (χ4n) is 4.46. The Kier molecular flexibility index (Phi) is 2.69. The minimum Gasteiger partial charge on any atom is -0.117 e. The van der Waals surface area contributed by atoms with Crippen LogP contribution in [0.25, 0.3) is 0 Å². The normalized spacial score (nSPS) is 34.8. The standard InChI is InChI=1S/C17H21Cl/c18-17(16-14-6-3-7-15(14)16)13-9-8-11-4-1-2-5-12(11)10-13/h8-10,14-17H,1-7H2. The smallest absolute Gasteiger partial charge is 0.0619 e. The molecule has 0 aromatic heterocycles. The van der Waals surface area contributed by atoms with Crippen LogP contribution in [0.1, 0.15) is 54.2 Å². The van der Waals surface area contributed by atoms with E-state index in [4.69, 9.17) is 11.6 Å². The van der Waals surface area contributed by atoms with Crippen LogP contribution in [0.4, 0.5) is 0 Å². The maximum Gasteiger partial charge on any atom is 0.0619 e. The van der Waals surface area contributed by atoms with Crippen LogP contribution < -0.4 is 0 Å². The van der Waals surface area contributed by atoms with Gasteiger partial charge in [-0.25, -0.2) is 0 Å². The van der Waals surface area contributed by atoms with Crippen molar-refractivity contribution in [2.75, 3.05) is 0 Å². The Bertz CT molecular complexity index is 455. The van der Waals surface area contributed by atoms with E-state index in [1.165, 1.54) is 50.5 Å². The van der Waals surface area contributed by atoms with E-state index in [1.54, 1.807) is 11.1 Å². The second-order valence-electron chi connectivity index (χ2n) is 6.47. The molecule has 0 saturated heterocycles. The van der Waals surface area contributed by atoms with Crippen molar-refractivity contribution >= 4 is 11.6 Å². The molecule has 0 aliphatic heterocycles. The SMILES string of the molecule is ClC(c1ccc2c(c1)CCCC2)C1C2CCCC21. The van der Waals surface area contributed by atoms with Crippen molar-refractivity contribution in [2.24, 2.45) is 17.8 Å². The van der Waals surface area contributed by atoms with Crippen LogP contribution in [0.5, 0.6) is 0 Å². The summed E-state index contributed by atoms with van der Waals surface area (Å²) in [4.78, 5) is 0. The number of benzene rings is 1. The number of fused-ring (bicyclic) bond motifs is 2. The monoisotopic (exact) mass is 260 g/mol. The Balaban J connectivity index is 1.57. The van der Waals surface area contributed by atoms with Gasteiger partial charge in [0.25, 0.3) is 0 Å². The molecule has 0 bridgehead atoms. The molecule has 0 spiro atoms. The lowest BCUT2D eigenvalue weighted by molar-refractivity contribution is 0.572. The van der Waals surface area contributed by atoms with Gasteiger partial charge < -0.3 is 0 Å². The molecule has 0 heterocycles. The first-order valence-corrected chi connectivity index (χ1v) is 8.04. The molecule has 0 nitrogen and oxygen atoms in total. The van der Waals surface area contributed by atoms with Crippen molar-refractivity contribution in [2.45, 2.75) is 50.3 Å². The molecule has 3 aliphatic rings. The molecule has 18 heavy (non-hydrogen) atoms. The lowest BCUT2D eigenvalue weighted by Crippen LogP contribution is -2.05. The Labute approximate surface area is 115 Å². The Hall–Kier alpha value is -0.490. The highest BCUT2D eigenvalue weighted by Gasteiger charge is 2.55. The lowest BCUT2D eigenvalue weighted by Gasteiger charge is -2.19. The fraction of sp³-hybridized carbons (Fsp3) is 0.647. The summed E-state index contributed by atoms with van der Waals surface area (Å²) in [6.45, 7) is 0. The Morgan fingerprint density at radius 3 is 2.44 bits per heavy atom. The van der Waals surface area contributed by atoms with E-state index in [1.807, 2.05) is 0 Å². The number of hydrogen-bond acceptors (Lipinski definition) is 0. The van der Waals surface area contributed by atoms with E-state index in [0.29, 0.717) is 0 Å². The molecule has 2 fully saturated rings. The molecule has 2 saturated carbocycles. The summed E-state index contributed by atoms with van der Waals surface area (Å²) in [6, 6.07) is 7.06. The number of alkyl halides is 1. The summed E-state index contributed by atoms with van der Waals surface area (Å²) in [5, 5.41) is 0.285. The van der Waals surface area contributed by atoms with E-state index in [-0.39, 0.29) is 5.38 Å². The highest BCUT2D eigenvalue weighted by Crippen LogP contribution is 2.63. The topological polar surface area (TPSA) is 0 Å². The van der Waals surface area contributed by atoms with Gasteiger partial charge in [0.05, 0.1) is 5.38 Å². The minimum absolute atomic E-state index is 0.285. The van der Waals surface area contributed by atoms with Gasteiger partial charge in [0.1, 0.15) is 0 Å². The van der Waals surface area contributed by atoms with Gasteiger partial charge in [-0.15, -0.1) is 11.6 Å². The zero-order valence-electron chi connectivity index (χ0n) is 10.9. The molecular weight excluding hydrogens is 240 g/mol.